The Morgan fingerprint density at radius 1 is 1.04 bits per heavy atom. The second kappa shape index (κ2) is 6.60. The summed E-state index contributed by atoms with van der Waals surface area (Å²) in [5.41, 5.74) is 2.65. The van der Waals surface area contributed by atoms with Gasteiger partial charge in [0.25, 0.3) is 0 Å². The number of hydrogen-bond donors (Lipinski definition) is 0. The standard InChI is InChI=1S/C17H15Cl2N3O/c1-21(15-8-6-14(19)7-9-15)17(23)22-11-10-16(20-22)12-2-4-13(18)5-3-12/h2-9H,10-11H2,1H3. The van der Waals surface area contributed by atoms with E-state index in [1.165, 1.54) is 5.01 Å². The number of carbonyl (C=O) groups excluding carboxylic acids is 1. The number of anilines is 1. The highest BCUT2D eigenvalue weighted by Gasteiger charge is 2.24. The Labute approximate surface area is 144 Å². The number of urea groups is 1. The van der Waals surface area contributed by atoms with Crippen molar-refractivity contribution < 1.29 is 4.79 Å². The van der Waals surface area contributed by atoms with Gasteiger partial charge in [0.05, 0.1) is 12.3 Å². The van der Waals surface area contributed by atoms with Crippen molar-refractivity contribution in [2.24, 2.45) is 5.10 Å². The molecule has 1 heterocycles. The summed E-state index contributed by atoms with van der Waals surface area (Å²) in [6, 6.07) is 14.4. The molecule has 0 aromatic heterocycles. The van der Waals surface area contributed by atoms with Gasteiger partial charge in [-0.3, -0.25) is 4.90 Å². The Balaban J connectivity index is 1.75. The molecule has 0 bridgehead atoms. The van der Waals surface area contributed by atoms with Gasteiger partial charge in [0.2, 0.25) is 0 Å². The molecule has 0 aliphatic carbocycles. The Kier molecular flexibility index (Phi) is 4.55. The number of hydrazone groups is 1. The highest BCUT2D eigenvalue weighted by atomic mass is 35.5. The van der Waals surface area contributed by atoms with Gasteiger partial charge >= 0.3 is 6.03 Å². The lowest BCUT2D eigenvalue weighted by Crippen LogP contribution is -2.37. The van der Waals surface area contributed by atoms with Crippen LogP contribution in [-0.4, -0.2) is 30.3 Å². The zero-order valence-corrected chi connectivity index (χ0v) is 14.1. The minimum atomic E-state index is -0.170. The van der Waals surface area contributed by atoms with Gasteiger partial charge < -0.3 is 0 Å². The molecule has 4 nitrogen and oxygen atoms in total. The van der Waals surface area contributed by atoms with Crippen LogP contribution >= 0.6 is 23.2 Å². The highest BCUT2D eigenvalue weighted by Crippen LogP contribution is 2.21. The van der Waals surface area contributed by atoms with Gasteiger partial charge in [0.1, 0.15) is 0 Å². The van der Waals surface area contributed by atoms with Crippen molar-refractivity contribution in [3.8, 4) is 0 Å². The third-order valence-corrected chi connectivity index (χ3v) is 4.20. The van der Waals surface area contributed by atoms with Crippen molar-refractivity contribution in [3.63, 3.8) is 0 Å². The molecule has 0 fully saturated rings. The molecule has 23 heavy (non-hydrogen) atoms. The number of halogens is 2. The fraction of sp³-hybridized carbons (Fsp3) is 0.176. The van der Waals surface area contributed by atoms with E-state index in [0.29, 0.717) is 16.6 Å². The van der Waals surface area contributed by atoms with Gasteiger partial charge in [-0.15, -0.1) is 0 Å². The third kappa shape index (κ3) is 3.49. The van der Waals surface area contributed by atoms with Crippen molar-refractivity contribution in [2.75, 3.05) is 18.5 Å². The smallest absolute Gasteiger partial charge is 0.296 e. The van der Waals surface area contributed by atoms with Crippen LogP contribution in [0.2, 0.25) is 10.0 Å². The lowest BCUT2D eigenvalue weighted by Gasteiger charge is -2.21. The van der Waals surface area contributed by atoms with E-state index < -0.39 is 0 Å². The molecule has 0 saturated carbocycles. The van der Waals surface area contributed by atoms with E-state index in [1.54, 1.807) is 36.2 Å². The second-order valence-corrected chi connectivity index (χ2v) is 6.12. The van der Waals surface area contributed by atoms with E-state index in [9.17, 15) is 4.79 Å². The molecule has 2 aromatic rings. The minimum absolute atomic E-state index is 0.170. The van der Waals surface area contributed by atoms with Crippen LogP contribution in [0.3, 0.4) is 0 Å². The third-order valence-electron chi connectivity index (χ3n) is 3.70. The van der Waals surface area contributed by atoms with Crippen LogP contribution in [0.5, 0.6) is 0 Å². The number of rotatable bonds is 2. The topological polar surface area (TPSA) is 35.9 Å². The van der Waals surface area contributed by atoms with Crippen molar-refractivity contribution in [3.05, 3.63) is 64.1 Å². The van der Waals surface area contributed by atoms with Crippen molar-refractivity contribution in [1.82, 2.24) is 5.01 Å². The first kappa shape index (κ1) is 15.8. The first-order chi connectivity index (χ1) is 11.0. The Hall–Kier alpha value is -2.04. The fourth-order valence-corrected chi connectivity index (χ4v) is 2.64. The molecular formula is C17H15Cl2N3O. The van der Waals surface area contributed by atoms with Gasteiger partial charge in [-0.1, -0.05) is 35.3 Å². The average molecular weight is 348 g/mol. The van der Waals surface area contributed by atoms with E-state index in [1.807, 2.05) is 24.3 Å². The molecule has 0 N–H and O–H groups in total. The highest BCUT2D eigenvalue weighted by molar-refractivity contribution is 6.31. The summed E-state index contributed by atoms with van der Waals surface area (Å²) < 4.78 is 0. The minimum Gasteiger partial charge on any atom is -0.296 e. The molecule has 0 radical (unpaired) electrons. The van der Waals surface area contributed by atoms with Crippen LogP contribution in [0.4, 0.5) is 10.5 Å². The number of amides is 2. The van der Waals surface area contributed by atoms with Gasteiger partial charge in [-0.05, 0) is 42.0 Å². The number of hydrogen-bond acceptors (Lipinski definition) is 2. The Bertz CT molecular complexity index is 741. The monoisotopic (exact) mass is 347 g/mol. The van der Waals surface area contributed by atoms with Crippen LogP contribution in [0.1, 0.15) is 12.0 Å². The van der Waals surface area contributed by atoms with Crippen LogP contribution in [0.15, 0.2) is 53.6 Å². The number of benzene rings is 2. The van der Waals surface area contributed by atoms with Gasteiger partial charge in [-0.25, -0.2) is 9.80 Å². The van der Waals surface area contributed by atoms with Gasteiger partial charge in [0.15, 0.2) is 0 Å². The summed E-state index contributed by atoms with van der Waals surface area (Å²) in [5, 5.41) is 7.25. The number of nitrogens with zero attached hydrogens (tertiary/aromatic N) is 3. The largest absolute Gasteiger partial charge is 0.344 e. The molecule has 0 atom stereocenters. The molecular weight excluding hydrogens is 333 g/mol. The molecule has 0 saturated heterocycles. The summed E-state index contributed by atoms with van der Waals surface area (Å²) >= 11 is 11.8. The SMILES string of the molecule is CN(C(=O)N1CCC(c2ccc(Cl)cc2)=N1)c1ccc(Cl)cc1. The van der Waals surface area contributed by atoms with E-state index in [0.717, 1.165) is 23.4 Å². The predicted octanol–water partition coefficient (Wildman–Crippen LogP) is 4.66. The van der Waals surface area contributed by atoms with Crippen LogP contribution in [0, 0.1) is 0 Å². The van der Waals surface area contributed by atoms with Crippen LogP contribution in [0.25, 0.3) is 0 Å². The summed E-state index contributed by atoms with van der Waals surface area (Å²) in [5.74, 6) is 0. The lowest BCUT2D eigenvalue weighted by atomic mass is 10.1. The number of carbonyl (C=O) groups is 1. The molecule has 3 rings (SSSR count). The van der Waals surface area contributed by atoms with E-state index >= 15 is 0 Å². The first-order valence-electron chi connectivity index (χ1n) is 7.19. The Morgan fingerprint density at radius 3 is 2.22 bits per heavy atom. The summed E-state index contributed by atoms with van der Waals surface area (Å²) in [6.45, 7) is 0.564. The quantitative estimate of drug-likeness (QED) is 0.778. The lowest BCUT2D eigenvalue weighted by molar-refractivity contribution is 0.213. The normalized spacial score (nSPS) is 13.9. The summed E-state index contributed by atoms with van der Waals surface area (Å²) in [6.07, 6.45) is 0.724. The summed E-state index contributed by atoms with van der Waals surface area (Å²) in [7, 11) is 1.72. The molecule has 0 unspecified atom stereocenters. The average Bonchev–Trinajstić information content (AvgIpc) is 3.05. The molecule has 2 aromatic carbocycles. The van der Waals surface area contributed by atoms with Crippen LogP contribution < -0.4 is 4.90 Å². The Morgan fingerprint density at radius 2 is 1.61 bits per heavy atom. The molecule has 2 amide bonds. The van der Waals surface area contributed by atoms with E-state index in [4.69, 9.17) is 23.2 Å². The van der Waals surface area contributed by atoms with E-state index in [-0.39, 0.29) is 6.03 Å². The van der Waals surface area contributed by atoms with Crippen molar-refractivity contribution in [2.45, 2.75) is 6.42 Å². The van der Waals surface area contributed by atoms with Gasteiger partial charge in [-0.2, -0.15) is 5.10 Å². The van der Waals surface area contributed by atoms with Crippen molar-refractivity contribution >= 4 is 40.6 Å². The first-order valence-corrected chi connectivity index (χ1v) is 7.94. The zero-order chi connectivity index (χ0) is 16.4. The molecule has 118 valence electrons. The fourth-order valence-electron chi connectivity index (χ4n) is 2.39. The molecule has 0 spiro atoms. The maximum Gasteiger partial charge on any atom is 0.344 e. The van der Waals surface area contributed by atoms with Gasteiger partial charge in [0, 0.05) is 29.2 Å². The van der Waals surface area contributed by atoms with E-state index in [2.05, 4.69) is 5.10 Å². The maximum absolute atomic E-state index is 12.6. The van der Waals surface area contributed by atoms with Crippen LogP contribution in [-0.2, 0) is 0 Å². The second-order valence-electron chi connectivity index (χ2n) is 5.24. The molecule has 6 heteroatoms. The predicted molar refractivity (Wildman–Crippen MR) is 94.6 cm³/mol. The molecule has 1 aliphatic rings. The van der Waals surface area contributed by atoms with Crippen molar-refractivity contribution in [1.29, 1.82) is 0 Å². The maximum atomic E-state index is 12.6. The zero-order valence-electron chi connectivity index (χ0n) is 12.5. The summed E-state index contributed by atoms with van der Waals surface area (Å²) in [4.78, 5) is 14.1. The molecule has 1 aliphatic heterocycles.